The Hall–Kier alpha value is -1.55. The molecule has 2 rings (SSSR count). The Balaban J connectivity index is 1.84. The van der Waals surface area contributed by atoms with Crippen molar-refractivity contribution in [1.29, 1.82) is 0 Å². The third kappa shape index (κ3) is 4.53. The fraction of sp³-hybridized carbons (Fsp3) is 0.562. The van der Waals surface area contributed by atoms with Crippen molar-refractivity contribution < 1.29 is 9.53 Å². The van der Waals surface area contributed by atoms with Gasteiger partial charge in [0.2, 0.25) is 5.91 Å². The number of rotatable bonds is 6. The second-order valence-electron chi connectivity index (χ2n) is 5.55. The molecule has 0 saturated carbocycles. The van der Waals surface area contributed by atoms with Crippen LogP contribution >= 0.6 is 0 Å². The van der Waals surface area contributed by atoms with Crippen LogP contribution in [0.5, 0.6) is 5.75 Å². The van der Waals surface area contributed by atoms with Gasteiger partial charge in [0.05, 0.1) is 6.10 Å². The second-order valence-corrected chi connectivity index (χ2v) is 5.55. The maximum Gasteiger partial charge on any atom is 0.221 e. The number of hydrogen-bond acceptors (Lipinski definition) is 3. The van der Waals surface area contributed by atoms with Gasteiger partial charge in [-0.2, -0.15) is 0 Å². The molecule has 4 nitrogen and oxygen atoms in total. The van der Waals surface area contributed by atoms with Gasteiger partial charge in [0.1, 0.15) is 5.75 Å². The van der Waals surface area contributed by atoms with E-state index in [1.165, 1.54) is 6.42 Å². The highest BCUT2D eigenvalue weighted by atomic mass is 16.5. The number of hydrogen-bond donors (Lipinski definition) is 2. The van der Waals surface area contributed by atoms with Gasteiger partial charge in [-0.1, -0.05) is 18.2 Å². The second kappa shape index (κ2) is 7.29. The number of carbonyl (C=O) groups excluding carboxylic acids is 1. The van der Waals surface area contributed by atoms with Crippen molar-refractivity contribution in [2.45, 2.75) is 51.8 Å². The summed E-state index contributed by atoms with van der Waals surface area (Å²) >= 11 is 0. The highest BCUT2D eigenvalue weighted by Crippen LogP contribution is 2.19. The van der Waals surface area contributed by atoms with Crippen LogP contribution in [0, 0.1) is 0 Å². The van der Waals surface area contributed by atoms with Crippen molar-refractivity contribution in [1.82, 2.24) is 10.6 Å². The standard InChI is InChI=1S/C16H24N2O2/c1-12(2)20-15-8-4-3-6-13(15)11-18-16(19)10-14-7-5-9-17-14/h3-4,6,8,12,14,17H,5,7,9-11H2,1-2H3,(H,18,19). The Morgan fingerprint density at radius 1 is 1.45 bits per heavy atom. The molecular formula is C16H24N2O2. The predicted octanol–water partition coefficient (Wildman–Crippen LogP) is 2.23. The average Bonchev–Trinajstić information content (AvgIpc) is 2.90. The number of ether oxygens (including phenoxy) is 1. The first-order chi connectivity index (χ1) is 9.65. The van der Waals surface area contributed by atoms with Crippen molar-refractivity contribution in [2.24, 2.45) is 0 Å². The average molecular weight is 276 g/mol. The molecule has 1 aromatic rings. The lowest BCUT2D eigenvalue weighted by atomic mass is 10.1. The third-order valence-electron chi connectivity index (χ3n) is 3.41. The first-order valence-electron chi connectivity index (χ1n) is 7.40. The molecule has 0 aliphatic carbocycles. The van der Waals surface area contributed by atoms with Gasteiger partial charge >= 0.3 is 0 Å². The van der Waals surface area contributed by atoms with E-state index in [0.29, 0.717) is 19.0 Å². The van der Waals surface area contributed by atoms with E-state index >= 15 is 0 Å². The minimum Gasteiger partial charge on any atom is -0.491 e. The number of nitrogens with one attached hydrogen (secondary N) is 2. The summed E-state index contributed by atoms with van der Waals surface area (Å²) in [4.78, 5) is 11.9. The van der Waals surface area contributed by atoms with Crippen molar-refractivity contribution in [3.63, 3.8) is 0 Å². The minimum absolute atomic E-state index is 0.101. The minimum atomic E-state index is 0.101. The van der Waals surface area contributed by atoms with Gasteiger partial charge in [0.15, 0.2) is 0 Å². The Morgan fingerprint density at radius 3 is 2.95 bits per heavy atom. The summed E-state index contributed by atoms with van der Waals surface area (Å²) < 4.78 is 5.75. The molecular weight excluding hydrogens is 252 g/mol. The van der Waals surface area contributed by atoms with E-state index in [4.69, 9.17) is 4.74 Å². The van der Waals surface area contributed by atoms with E-state index in [2.05, 4.69) is 10.6 Å². The summed E-state index contributed by atoms with van der Waals surface area (Å²) in [5.41, 5.74) is 1.02. The van der Waals surface area contributed by atoms with Gasteiger partial charge in [0.25, 0.3) is 0 Å². The van der Waals surface area contributed by atoms with Crippen molar-refractivity contribution in [3.05, 3.63) is 29.8 Å². The summed E-state index contributed by atoms with van der Waals surface area (Å²) in [6.07, 6.45) is 2.96. The Labute approximate surface area is 120 Å². The lowest BCUT2D eigenvalue weighted by molar-refractivity contribution is -0.121. The van der Waals surface area contributed by atoms with Crippen LogP contribution in [0.4, 0.5) is 0 Å². The number of carbonyl (C=O) groups is 1. The monoisotopic (exact) mass is 276 g/mol. The molecule has 0 radical (unpaired) electrons. The molecule has 1 aliphatic rings. The molecule has 110 valence electrons. The summed E-state index contributed by atoms with van der Waals surface area (Å²) in [5.74, 6) is 0.950. The molecule has 1 aliphatic heterocycles. The fourth-order valence-corrected chi connectivity index (χ4v) is 2.44. The molecule has 1 saturated heterocycles. The normalized spacial score (nSPS) is 18.2. The first kappa shape index (κ1) is 14.9. The van der Waals surface area contributed by atoms with Crippen LogP contribution in [-0.4, -0.2) is 24.6 Å². The van der Waals surface area contributed by atoms with Crippen LogP contribution in [-0.2, 0) is 11.3 Å². The van der Waals surface area contributed by atoms with E-state index in [-0.39, 0.29) is 12.0 Å². The maximum absolute atomic E-state index is 11.9. The van der Waals surface area contributed by atoms with Crippen molar-refractivity contribution in [3.8, 4) is 5.75 Å². The lowest BCUT2D eigenvalue weighted by Crippen LogP contribution is -2.31. The van der Waals surface area contributed by atoms with Gasteiger partial charge in [-0.15, -0.1) is 0 Å². The zero-order valence-electron chi connectivity index (χ0n) is 12.3. The van der Waals surface area contributed by atoms with E-state index < -0.39 is 0 Å². The largest absolute Gasteiger partial charge is 0.491 e. The molecule has 0 bridgehead atoms. The molecule has 0 spiro atoms. The Kier molecular flexibility index (Phi) is 5.41. The van der Waals surface area contributed by atoms with Gasteiger partial charge in [-0.3, -0.25) is 4.79 Å². The molecule has 1 amide bonds. The highest BCUT2D eigenvalue weighted by molar-refractivity contribution is 5.76. The van der Waals surface area contributed by atoms with Gasteiger partial charge < -0.3 is 15.4 Å². The van der Waals surface area contributed by atoms with Crippen LogP contribution in [0.15, 0.2) is 24.3 Å². The highest BCUT2D eigenvalue weighted by Gasteiger charge is 2.17. The molecule has 1 atom stereocenters. The van der Waals surface area contributed by atoms with Crippen LogP contribution in [0.1, 0.15) is 38.7 Å². The molecule has 1 fully saturated rings. The van der Waals surface area contributed by atoms with Gasteiger partial charge in [-0.25, -0.2) is 0 Å². The smallest absolute Gasteiger partial charge is 0.221 e. The molecule has 4 heteroatoms. The third-order valence-corrected chi connectivity index (χ3v) is 3.41. The first-order valence-corrected chi connectivity index (χ1v) is 7.40. The summed E-state index contributed by atoms with van der Waals surface area (Å²) in [6, 6.07) is 8.20. The Bertz CT molecular complexity index is 440. The van der Waals surface area contributed by atoms with E-state index in [1.807, 2.05) is 38.1 Å². The SMILES string of the molecule is CC(C)Oc1ccccc1CNC(=O)CC1CCCN1. The topological polar surface area (TPSA) is 50.4 Å². The predicted molar refractivity (Wildman–Crippen MR) is 79.7 cm³/mol. The van der Waals surface area contributed by atoms with E-state index in [0.717, 1.165) is 24.3 Å². The fourth-order valence-electron chi connectivity index (χ4n) is 2.44. The van der Waals surface area contributed by atoms with Crippen molar-refractivity contribution >= 4 is 5.91 Å². The number of para-hydroxylation sites is 1. The summed E-state index contributed by atoms with van der Waals surface area (Å²) in [7, 11) is 0. The quantitative estimate of drug-likeness (QED) is 0.837. The molecule has 1 aromatic carbocycles. The summed E-state index contributed by atoms with van der Waals surface area (Å²) in [6.45, 7) is 5.56. The molecule has 2 N–H and O–H groups in total. The molecule has 1 heterocycles. The van der Waals surface area contributed by atoms with Gasteiger partial charge in [-0.05, 0) is 39.3 Å². The van der Waals surface area contributed by atoms with Crippen LogP contribution < -0.4 is 15.4 Å². The number of benzene rings is 1. The molecule has 0 aromatic heterocycles. The van der Waals surface area contributed by atoms with Crippen LogP contribution in [0.3, 0.4) is 0 Å². The zero-order chi connectivity index (χ0) is 14.4. The van der Waals surface area contributed by atoms with Gasteiger partial charge in [0, 0.05) is 24.6 Å². The Morgan fingerprint density at radius 2 is 2.25 bits per heavy atom. The molecule has 1 unspecified atom stereocenters. The lowest BCUT2D eigenvalue weighted by Gasteiger charge is -2.15. The van der Waals surface area contributed by atoms with E-state index in [9.17, 15) is 4.79 Å². The maximum atomic E-state index is 11.9. The van der Waals surface area contributed by atoms with Crippen molar-refractivity contribution in [2.75, 3.05) is 6.54 Å². The van der Waals surface area contributed by atoms with Crippen LogP contribution in [0.2, 0.25) is 0 Å². The zero-order valence-corrected chi connectivity index (χ0v) is 12.3. The van der Waals surface area contributed by atoms with Crippen LogP contribution in [0.25, 0.3) is 0 Å². The molecule has 20 heavy (non-hydrogen) atoms. The summed E-state index contributed by atoms with van der Waals surface area (Å²) in [5, 5.41) is 6.32. The number of amides is 1. The van der Waals surface area contributed by atoms with E-state index in [1.54, 1.807) is 0 Å².